The average Bonchev–Trinajstić information content (AvgIpc) is 2.48. The molecule has 120 valence electrons. The third-order valence-corrected chi connectivity index (χ3v) is 6.13. The molecule has 2 unspecified atom stereocenters. The summed E-state index contributed by atoms with van der Waals surface area (Å²) in [5.41, 5.74) is 2.27. The van der Waals surface area contributed by atoms with E-state index in [0.29, 0.717) is 13.0 Å². The number of benzene rings is 1. The lowest BCUT2D eigenvalue weighted by Crippen LogP contribution is -2.35. The minimum absolute atomic E-state index is 0.160. The van der Waals surface area contributed by atoms with Crippen molar-refractivity contribution in [2.75, 3.05) is 26.5 Å². The number of sulfone groups is 1. The smallest absolute Gasteiger partial charge is 0.154 e. The van der Waals surface area contributed by atoms with E-state index in [9.17, 15) is 8.42 Å². The van der Waals surface area contributed by atoms with Crippen molar-refractivity contribution >= 4 is 9.84 Å². The van der Waals surface area contributed by atoms with Gasteiger partial charge >= 0.3 is 0 Å². The Hall–Kier alpha value is -0.910. The third-order valence-electron chi connectivity index (χ3n) is 3.87. The van der Waals surface area contributed by atoms with Crippen molar-refractivity contribution in [1.29, 1.82) is 0 Å². The van der Waals surface area contributed by atoms with Crippen molar-refractivity contribution in [3.05, 3.63) is 35.4 Å². The first-order valence-corrected chi connectivity index (χ1v) is 9.14. The van der Waals surface area contributed by atoms with E-state index >= 15 is 0 Å². The SMILES string of the molecule is CCc1ccc(C(NC)C(C)S(=O)(=O)CCCOC)cc1. The number of nitrogens with one attached hydrogen (secondary N) is 1. The monoisotopic (exact) mass is 313 g/mol. The van der Waals surface area contributed by atoms with Crippen LogP contribution in [0.15, 0.2) is 24.3 Å². The highest BCUT2D eigenvalue weighted by molar-refractivity contribution is 7.92. The predicted octanol–water partition coefficient (Wildman–Crippen LogP) is 2.35. The summed E-state index contributed by atoms with van der Waals surface area (Å²) < 4.78 is 29.7. The summed E-state index contributed by atoms with van der Waals surface area (Å²) in [6.07, 6.45) is 1.52. The van der Waals surface area contributed by atoms with Crippen molar-refractivity contribution in [3.8, 4) is 0 Å². The van der Waals surface area contributed by atoms with E-state index < -0.39 is 15.1 Å². The fourth-order valence-electron chi connectivity index (χ4n) is 2.43. The Morgan fingerprint density at radius 2 is 1.86 bits per heavy atom. The van der Waals surface area contributed by atoms with Gasteiger partial charge in [0.25, 0.3) is 0 Å². The molecule has 1 aromatic rings. The fraction of sp³-hybridized carbons (Fsp3) is 0.625. The molecule has 1 aromatic carbocycles. The third kappa shape index (κ3) is 5.09. The molecule has 4 nitrogen and oxygen atoms in total. The molecule has 0 aliphatic carbocycles. The van der Waals surface area contributed by atoms with Crippen molar-refractivity contribution in [2.45, 2.75) is 38.0 Å². The largest absolute Gasteiger partial charge is 0.385 e. The summed E-state index contributed by atoms with van der Waals surface area (Å²) in [6.45, 7) is 4.35. The van der Waals surface area contributed by atoms with Crippen molar-refractivity contribution in [1.82, 2.24) is 5.32 Å². The quantitative estimate of drug-likeness (QED) is 0.711. The molecule has 1 N–H and O–H groups in total. The van der Waals surface area contributed by atoms with Crippen LogP contribution in [0.4, 0.5) is 0 Å². The number of hydrogen-bond donors (Lipinski definition) is 1. The predicted molar refractivity (Wildman–Crippen MR) is 87.4 cm³/mol. The molecule has 0 fully saturated rings. The topological polar surface area (TPSA) is 55.4 Å². The van der Waals surface area contributed by atoms with E-state index in [-0.39, 0.29) is 11.8 Å². The summed E-state index contributed by atoms with van der Waals surface area (Å²) in [5.74, 6) is 0.160. The highest BCUT2D eigenvalue weighted by Crippen LogP contribution is 2.23. The van der Waals surface area contributed by atoms with Crippen LogP contribution in [0.5, 0.6) is 0 Å². The molecule has 2 atom stereocenters. The summed E-state index contributed by atoms with van der Waals surface area (Å²) in [6, 6.07) is 7.96. The summed E-state index contributed by atoms with van der Waals surface area (Å²) in [7, 11) is 0.240. The Morgan fingerprint density at radius 3 is 2.33 bits per heavy atom. The maximum Gasteiger partial charge on any atom is 0.154 e. The van der Waals surface area contributed by atoms with Gasteiger partial charge in [-0.3, -0.25) is 0 Å². The van der Waals surface area contributed by atoms with Crippen molar-refractivity contribution < 1.29 is 13.2 Å². The van der Waals surface area contributed by atoms with Gasteiger partial charge < -0.3 is 10.1 Å². The van der Waals surface area contributed by atoms with Gasteiger partial charge in [0.1, 0.15) is 0 Å². The normalized spacial score (nSPS) is 14.9. The van der Waals surface area contributed by atoms with Crippen LogP contribution in [0.25, 0.3) is 0 Å². The molecule has 0 aromatic heterocycles. The second kappa shape index (κ2) is 8.51. The van der Waals surface area contributed by atoms with Gasteiger partial charge in [-0.25, -0.2) is 8.42 Å². The second-order valence-corrected chi connectivity index (χ2v) is 7.76. The molecular formula is C16H27NO3S. The van der Waals surface area contributed by atoms with Crippen molar-refractivity contribution in [2.24, 2.45) is 0 Å². The molecule has 0 bridgehead atoms. The van der Waals surface area contributed by atoms with Crippen molar-refractivity contribution in [3.63, 3.8) is 0 Å². The van der Waals surface area contributed by atoms with Gasteiger partial charge in [0, 0.05) is 19.8 Å². The van der Waals surface area contributed by atoms with Gasteiger partial charge in [-0.15, -0.1) is 0 Å². The van der Waals surface area contributed by atoms with Crippen LogP contribution in [-0.4, -0.2) is 40.2 Å². The maximum atomic E-state index is 12.4. The average molecular weight is 313 g/mol. The Balaban J connectivity index is 2.86. The zero-order valence-electron chi connectivity index (χ0n) is 13.4. The van der Waals surface area contributed by atoms with E-state index in [4.69, 9.17) is 4.74 Å². The van der Waals surface area contributed by atoms with E-state index in [1.54, 1.807) is 21.1 Å². The standard InChI is InChI=1S/C16H27NO3S/c1-5-14-7-9-15(10-8-14)16(17-3)13(2)21(18,19)12-6-11-20-4/h7-10,13,16-17H,5-6,11-12H2,1-4H3. The molecule has 21 heavy (non-hydrogen) atoms. The van der Waals surface area contributed by atoms with E-state index in [1.165, 1.54) is 5.56 Å². The minimum Gasteiger partial charge on any atom is -0.385 e. The van der Waals surface area contributed by atoms with Gasteiger partial charge in [-0.05, 0) is 37.9 Å². The van der Waals surface area contributed by atoms with Gasteiger partial charge in [-0.2, -0.15) is 0 Å². The molecule has 0 spiro atoms. The van der Waals surface area contributed by atoms with E-state index in [2.05, 4.69) is 24.4 Å². The maximum absolute atomic E-state index is 12.4. The number of aryl methyl sites for hydroxylation is 1. The van der Waals surface area contributed by atoms with Crippen LogP contribution < -0.4 is 5.32 Å². The van der Waals surface area contributed by atoms with Crippen LogP contribution in [0.1, 0.15) is 37.4 Å². The van der Waals surface area contributed by atoms with Gasteiger partial charge in [0.2, 0.25) is 0 Å². The van der Waals surface area contributed by atoms with Crippen LogP contribution >= 0.6 is 0 Å². The number of ether oxygens (including phenoxy) is 1. The molecule has 0 radical (unpaired) electrons. The van der Waals surface area contributed by atoms with Crippen LogP contribution in [0.3, 0.4) is 0 Å². The van der Waals surface area contributed by atoms with E-state index in [1.807, 2.05) is 12.1 Å². The first-order valence-electron chi connectivity index (χ1n) is 7.42. The molecule has 0 saturated carbocycles. The zero-order chi connectivity index (χ0) is 15.9. The van der Waals surface area contributed by atoms with Gasteiger partial charge in [0.05, 0.1) is 11.0 Å². The molecule has 1 rings (SSSR count). The van der Waals surface area contributed by atoms with Crippen LogP contribution in [0.2, 0.25) is 0 Å². The molecule has 0 aliphatic heterocycles. The molecule has 0 heterocycles. The number of methoxy groups -OCH3 is 1. The Bertz CT molecular complexity index is 511. The fourth-order valence-corrected chi connectivity index (χ4v) is 4.03. The lowest BCUT2D eigenvalue weighted by molar-refractivity contribution is 0.199. The lowest BCUT2D eigenvalue weighted by Gasteiger charge is -2.24. The Kier molecular flexibility index (Phi) is 7.35. The number of rotatable bonds is 9. The second-order valence-electron chi connectivity index (χ2n) is 5.28. The van der Waals surface area contributed by atoms with E-state index in [0.717, 1.165) is 12.0 Å². The number of hydrogen-bond acceptors (Lipinski definition) is 4. The van der Waals surface area contributed by atoms with Gasteiger partial charge in [0.15, 0.2) is 9.84 Å². The van der Waals surface area contributed by atoms with Gasteiger partial charge in [-0.1, -0.05) is 31.2 Å². The molecule has 5 heteroatoms. The summed E-state index contributed by atoms with van der Waals surface area (Å²) in [5, 5.41) is 2.68. The molecular weight excluding hydrogens is 286 g/mol. The van der Waals surface area contributed by atoms with Crippen LogP contribution in [0, 0.1) is 0 Å². The highest BCUT2D eigenvalue weighted by Gasteiger charge is 2.29. The first-order chi connectivity index (χ1) is 9.96. The Labute approximate surface area is 128 Å². The Morgan fingerprint density at radius 1 is 1.24 bits per heavy atom. The summed E-state index contributed by atoms with van der Waals surface area (Å²) in [4.78, 5) is 0. The molecule has 0 saturated heterocycles. The highest BCUT2D eigenvalue weighted by atomic mass is 32.2. The first kappa shape index (κ1) is 18.1. The zero-order valence-corrected chi connectivity index (χ0v) is 14.2. The minimum atomic E-state index is -3.15. The summed E-state index contributed by atoms with van der Waals surface area (Å²) >= 11 is 0. The molecule has 0 amide bonds. The van der Waals surface area contributed by atoms with Crippen LogP contribution in [-0.2, 0) is 21.0 Å². The lowest BCUT2D eigenvalue weighted by atomic mass is 10.0. The molecule has 0 aliphatic rings.